The Kier molecular flexibility index (Phi) is 10.5. The van der Waals surface area contributed by atoms with E-state index in [1.807, 2.05) is 43.4 Å². The molecule has 0 saturated carbocycles. The van der Waals surface area contributed by atoms with Gasteiger partial charge in [-0.3, -0.25) is 4.99 Å². The zero-order chi connectivity index (χ0) is 19.6. The van der Waals surface area contributed by atoms with Gasteiger partial charge in [-0.15, -0.1) is 24.0 Å². The molecular weight excluding hydrogens is 469 g/mol. The van der Waals surface area contributed by atoms with Crippen LogP contribution in [-0.4, -0.2) is 52.8 Å². The summed E-state index contributed by atoms with van der Waals surface area (Å²) in [6, 6.07) is 13.8. The van der Waals surface area contributed by atoms with Crippen LogP contribution in [0, 0.1) is 0 Å². The number of rotatable bonds is 8. The highest BCUT2D eigenvalue weighted by molar-refractivity contribution is 14.0. The molecule has 0 aromatic heterocycles. The highest BCUT2D eigenvalue weighted by Crippen LogP contribution is 2.24. The first-order valence-electron chi connectivity index (χ1n) is 8.87. The molecule has 0 aliphatic rings. The van der Waals surface area contributed by atoms with E-state index in [1.165, 1.54) is 0 Å². The van der Waals surface area contributed by atoms with Crippen LogP contribution in [0.25, 0.3) is 0 Å². The van der Waals surface area contributed by atoms with Crippen LogP contribution in [0.15, 0.2) is 47.5 Å². The molecule has 0 saturated heterocycles. The van der Waals surface area contributed by atoms with Crippen molar-refractivity contribution < 1.29 is 14.2 Å². The first-order valence-corrected chi connectivity index (χ1v) is 8.87. The molecule has 7 heteroatoms. The van der Waals surface area contributed by atoms with E-state index in [2.05, 4.69) is 21.3 Å². The van der Waals surface area contributed by atoms with E-state index in [9.17, 15) is 0 Å². The molecule has 0 unspecified atom stereocenters. The van der Waals surface area contributed by atoms with Crippen molar-refractivity contribution >= 4 is 29.9 Å². The van der Waals surface area contributed by atoms with E-state index in [-0.39, 0.29) is 24.0 Å². The Labute approximate surface area is 184 Å². The molecule has 0 heterocycles. The molecule has 0 atom stereocenters. The lowest BCUT2D eigenvalue weighted by molar-refractivity contribution is 0.395. The number of aliphatic imine (C=N–C) groups is 1. The zero-order valence-corrected chi connectivity index (χ0v) is 19.5. The van der Waals surface area contributed by atoms with E-state index in [0.717, 1.165) is 47.3 Å². The molecule has 0 bridgehead atoms. The van der Waals surface area contributed by atoms with Crippen LogP contribution in [-0.2, 0) is 13.0 Å². The van der Waals surface area contributed by atoms with Gasteiger partial charge in [0.2, 0.25) is 0 Å². The van der Waals surface area contributed by atoms with Crippen LogP contribution in [0.3, 0.4) is 0 Å². The van der Waals surface area contributed by atoms with Gasteiger partial charge in [0, 0.05) is 32.7 Å². The summed E-state index contributed by atoms with van der Waals surface area (Å²) < 4.78 is 16.2. The summed E-state index contributed by atoms with van der Waals surface area (Å²) in [6.07, 6.45) is 0.794. The Hall–Kier alpha value is -2.16. The number of guanidine groups is 1. The molecule has 6 nitrogen and oxygen atoms in total. The second-order valence-electron chi connectivity index (χ2n) is 6.07. The lowest BCUT2D eigenvalue weighted by Gasteiger charge is -2.23. The maximum absolute atomic E-state index is 5.44. The number of benzene rings is 2. The van der Waals surface area contributed by atoms with Crippen molar-refractivity contribution in [2.45, 2.75) is 13.0 Å². The van der Waals surface area contributed by atoms with Gasteiger partial charge in [-0.1, -0.05) is 18.2 Å². The number of methoxy groups -OCH3 is 3. The molecule has 0 fully saturated rings. The predicted octanol–water partition coefficient (Wildman–Crippen LogP) is 3.58. The molecule has 2 aromatic rings. The third kappa shape index (κ3) is 6.47. The van der Waals surface area contributed by atoms with Gasteiger partial charge in [-0.05, 0) is 36.2 Å². The number of hydrogen-bond donors (Lipinski definition) is 1. The van der Waals surface area contributed by atoms with Gasteiger partial charge in [0.15, 0.2) is 5.96 Å². The summed E-state index contributed by atoms with van der Waals surface area (Å²) in [6.45, 7) is 1.43. The molecule has 28 heavy (non-hydrogen) atoms. The summed E-state index contributed by atoms with van der Waals surface area (Å²) >= 11 is 0. The monoisotopic (exact) mass is 499 g/mol. The Morgan fingerprint density at radius 2 is 1.64 bits per heavy atom. The minimum atomic E-state index is 0. The Morgan fingerprint density at radius 1 is 0.964 bits per heavy atom. The van der Waals surface area contributed by atoms with Gasteiger partial charge >= 0.3 is 0 Å². The largest absolute Gasteiger partial charge is 0.497 e. The van der Waals surface area contributed by atoms with E-state index in [0.29, 0.717) is 6.54 Å². The van der Waals surface area contributed by atoms with Crippen molar-refractivity contribution in [1.29, 1.82) is 0 Å². The average Bonchev–Trinajstić information content (AvgIpc) is 2.71. The predicted molar refractivity (Wildman–Crippen MR) is 124 cm³/mol. The number of halogens is 1. The smallest absolute Gasteiger partial charge is 0.193 e. The normalized spacial score (nSPS) is 10.7. The molecular formula is C21H30IN3O3. The topological polar surface area (TPSA) is 55.3 Å². The first kappa shape index (κ1) is 23.9. The minimum absolute atomic E-state index is 0. The minimum Gasteiger partial charge on any atom is -0.497 e. The zero-order valence-electron chi connectivity index (χ0n) is 17.2. The maximum atomic E-state index is 5.44. The average molecular weight is 499 g/mol. The van der Waals surface area contributed by atoms with Crippen LogP contribution in [0.5, 0.6) is 17.2 Å². The van der Waals surface area contributed by atoms with Gasteiger partial charge in [-0.25, -0.2) is 0 Å². The van der Waals surface area contributed by atoms with Crippen molar-refractivity contribution in [2.24, 2.45) is 4.99 Å². The van der Waals surface area contributed by atoms with Crippen molar-refractivity contribution in [3.8, 4) is 17.2 Å². The first-order chi connectivity index (χ1) is 13.1. The lowest BCUT2D eigenvalue weighted by atomic mass is 10.1. The van der Waals surface area contributed by atoms with Crippen LogP contribution in [0.1, 0.15) is 11.1 Å². The summed E-state index contributed by atoms with van der Waals surface area (Å²) in [4.78, 5) is 6.45. The lowest BCUT2D eigenvalue weighted by Crippen LogP contribution is -2.39. The number of nitrogens with zero attached hydrogens (tertiary/aromatic N) is 2. The van der Waals surface area contributed by atoms with Crippen LogP contribution < -0.4 is 19.5 Å². The Bertz CT molecular complexity index is 768. The summed E-state index contributed by atoms with van der Waals surface area (Å²) in [5.74, 6) is 3.38. The molecule has 0 aliphatic heterocycles. The summed E-state index contributed by atoms with van der Waals surface area (Å²) in [5, 5.41) is 3.40. The number of ether oxygens (including phenoxy) is 3. The Morgan fingerprint density at radius 3 is 2.29 bits per heavy atom. The van der Waals surface area contributed by atoms with Crippen LogP contribution >= 0.6 is 24.0 Å². The van der Waals surface area contributed by atoms with E-state index < -0.39 is 0 Å². The fraction of sp³-hybridized carbons (Fsp3) is 0.381. The van der Waals surface area contributed by atoms with Crippen LogP contribution in [0.4, 0.5) is 0 Å². The maximum Gasteiger partial charge on any atom is 0.193 e. The third-order valence-corrected chi connectivity index (χ3v) is 4.34. The molecule has 1 N–H and O–H groups in total. The van der Waals surface area contributed by atoms with E-state index >= 15 is 0 Å². The van der Waals surface area contributed by atoms with E-state index in [4.69, 9.17) is 14.2 Å². The highest BCUT2D eigenvalue weighted by Gasteiger charge is 2.11. The molecule has 154 valence electrons. The Balaban J connectivity index is 0.00000392. The second kappa shape index (κ2) is 12.3. The van der Waals surface area contributed by atoms with Crippen molar-refractivity contribution in [3.63, 3.8) is 0 Å². The number of hydrogen-bond acceptors (Lipinski definition) is 4. The highest BCUT2D eigenvalue weighted by atomic mass is 127. The molecule has 2 aromatic carbocycles. The molecule has 0 aliphatic carbocycles. The fourth-order valence-corrected chi connectivity index (χ4v) is 2.93. The summed E-state index contributed by atoms with van der Waals surface area (Å²) in [5.41, 5.74) is 2.20. The van der Waals surface area contributed by atoms with Gasteiger partial charge in [-0.2, -0.15) is 0 Å². The third-order valence-electron chi connectivity index (χ3n) is 4.34. The SMILES string of the molecule is CN=C(NCCc1cc(OC)ccc1OC)N(C)Cc1ccccc1OC.I. The molecule has 0 spiro atoms. The number of para-hydroxylation sites is 1. The van der Waals surface area contributed by atoms with Crippen molar-refractivity contribution in [2.75, 3.05) is 42.0 Å². The van der Waals surface area contributed by atoms with Crippen LogP contribution in [0.2, 0.25) is 0 Å². The summed E-state index contributed by atoms with van der Waals surface area (Å²) in [7, 11) is 8.83. The van der Waals surface area contributed by atoms with Gasteiger partial charge < -0.3 is 24.4 Å². The molecule has 0 radical (unpaired) electrons. The quantitative estimate of drug-likeness (QED) is 0.342. The van der Waals surface area contributed by atoms with Gasteiger partial charge in [0.25, 0.3) is 0 Å². The van der Waals surface area contributed by atoms with E-state index in [1.54, 1.807) is 28.4 Å². The second-order valence-corrected chi connectivity index (χ2v) is 6.07. The standard InChI is InChI=1S/C21H29N3O3.HI/c1-22-21(24(2)15-17-8-6-7-9-19(17)26-4)23-13-12-16-14-18(25-3)10-11-20(16)27-5;/h6-11,14H,12-13,15H2,1-5H3,(H,22,23);1H. The van der Waals surface area contributed by atoms with Gasteiger partial charge in [0.05, 0.1) is 21.3 Å². The number of nitrogens with one attached hydrogen (secondary N) is 1. The van der Waals surface area contributed by atoms with Crippen molar-refractivity contribution in [3.05, 3.63) is 53.6 Å². The van der Waals surface area contributed by atoms with Gasteiger partial charge in [0.1, 0.15) is 17.2 Å². The fourth-order valence-electron chi connectivity index (χ4n) is 2.93. The molecule has 2 rings (SSSR count). The molecule has 0 amide bonds. The van der Waals surface area contributed by atoms with Crippen molar-refractivity contribution in [1.82, 2.24) is 10.2 Å².